The summed E-state index contributed by atoms with van der Waals surface area (Å²) in [6.45, 7) is 5.47. The molecule has 0 unspecified atom stereocenters. The quantitative estimate of drug-likeness (QED) is 0.864. The van der Waals surface area contributed by atoms with Crippen LogP contribution in [0.25, 0.3) is 0 Å². The van der Waals surface area contributed by atoms with Gasteiger partial charge in [-0.1, -0.05) is 0 Å². The van der Waals surface area contributed by atoms with Crippen molar-refractivity contribution in [3.8, 4) is 0 Å². The van der Waals surface area contributed by atoms with Crippen molar-refractivity contribution in [2.45, 2.75) is 20.8 Å². The van der Waals surface area contributed by atoms with Gasteiger partial charge in [-0.2, -0.15) is 10.2 Å². The number of carbonyl (C=O) groups excluding carboxylic acids is 1. The number of halogens is 1. The highest BCUT2D eigenvalue weighted by Crippen LogP contribution is 2.17. The summed E-state index contributed by atoms with van der Waals surface area (Å²) in [4.78, 5) is 16.3. The van der Waals surface area contributed by atoms with Gasteiger partial charge in [-0.05, 0) is 54.4 Å². The van der Waals surface area contributed by atoms with E-state index in [1.54, 1.807) is 26.1 Å². The first-order valence-corrected chi connectivity index (χ1v) is 6.51. The zero-order valence-electron chi connectivity index (χ0n) is 10.9. The summed E-state index contributed by atoms with van der Waals surface area (Å²) < 4.78 is 0.767. The molecule has 1 amide bonds. The summed E-state index contributed by atoms with van der Waals surface area (Å²) in [7, 11) is 0. The van der Waals surface area contributed by atoms with E-state index in [9.17, 15) is 4.79 Å². The number of aromatic nitrogens is 3. The molecule has 0 radical (unpaired) electrons. The van der Waals surface area contributed by atoms with E-state index < -0.39 is 0 Å². The van der Waals surface area contributed by atoms with E-state index in [2.05, 4.69) is 36.4 Å². The Kier molecular flexibility index (Phi) is 3.90. The van der Waals surface area contributed by atoms with Crippen molar-refractivity contribution in [1.82, 2.24) is 15.2 Å². The molecular formula is C13H13BrN4O. The average Bonchev–Trinajstić information content (AvgIpc) is 2.36. The van der Waals surface area contributed by atoms with Gasteiger partial charge in [0.05, 0.1) is 28.8 Å². The largest absolute Gasteiger partial charge is 0.321 e. The zero-order valence-corrected chi connectivity index (χ0v) is 12.4. The van der Waals surface area contributed by atoms with Gasteiger partial charge in [0.15, 0.2) is 0 Å². The molecule has 0 saturated carbocycles. The van der Waals surface area contributed by atoms with Gasteiger partial charge in [0.25, 0.3) is 5.91 Å². The minimum Gasteiger partial charge on any atom is -0.321 e. The Balaban J connectivity index is 2.25. The third-order valence-corrected chi connectivity index (χ3v) is 3.45. The predicted molar refractivity (Wildman–Crippen MR) is 76.1 cm³/mol. The van der Waals surface area contributed by atoms with Crippen molar-refractivity contribution < 1.29 is 4.79 Å². The molecule has 6 heteroatoms. The van der Waals surface area contributed by atoms with Gasteiger partial charge in [-0.15, -0.1) is 0 Å². The molecule has 0 aromatic carbocycles. The molecule has 0 spiro atoms. The van der Waals surface area contributed by atoms with Gasteiger partial charge in [0, 0.05) is 0 Å². The lowest BCUT2D eigenvalue weighted by atomic mass is 10.2. The molecule has 1 N–H and O–H groups in total. The van der Waals surface area contributed by atoms with E-state index >= 15 is 0 Å². The monoisotopic (exact) mass is 320 g/mol. The van der Waals surface area contributed by atoms with Crippen LogP contribution in [-0.2, 0) is 0 Å². The van der Waals surface area contributed by atoms with Crippen molar-refractivity contribution in [3.63, 3.8) is 0 Å². The number of rotatable bonds is 2. The van der Waals surface area contributed by atoms with Gasteiger partial charge in [-0.3, -0.25) is 4.79 Å². The van der Waals surface area contributed by atoms with Crippen molar-refractivity contribution in [3.05, 3.63) is 45.4 Å². The molecule has 2 aromatic heterocycles. The van der Waals surface area contributed by atoms with Gasteiger partial charge in [-0.25, -0.2) is 4.98 Å². The van der Waals surface area contributed by atoms with Crippen LogP contribution in [0.3, 0.4) is 0 Å². The lowest BCUT2D eigenvalue weighted by Gasteiger charge is -2.08. The Bertz CT molecular complexity index is 643. The smallest absolute Gasteiger partial charge is 0.257 e. The molecule has 0 saturated heterocycles. The Hall–Kier alpha value is -1.82. The summed E-state index contributed by atoms with van der Waals surface area (Å²) >= 11 is 3.32. The number of amides is 1. The second kappa shape index (κ2) is 5.44. The number of nitrogens with zero attached hydrogens (tertiary/aromatic N) is 3. The molecule has 0 fully saturated rings. The van der Waals surface area contributed by atoms with E-state index in [4.69, 9.17) is 0 Å². The third kappa shape index (κ3) is 3.14. The topological polar surface area (TPSA) is 67.8 Å². The summed E-state index contributed by atoms with van der Waals surface area (Å²) in [5.74, 6) is -0.209. The van der Waals surface area contributed by atoms with Gasteiger partial charge in [0.2, 0.25) is 0 Å². The molecule has 0 bridgehead atoms. The van der Waals surface area contributed by atoms with Crippen LogP contribution in [0.5, 0.6) is 0 Å². The summed E-state index contributed by atoms with van der Waals surface area (Å²) in [5, 5.41) is 10.6. The average molecular weight is 321 g/mol. The van der Waals surface area contributed by atoms with Gasteiger partial charge >= 0.3 is 0 Å². The fraction of sp³-hybridized carbons (Fsp3) is 0.231. The molecule has 98 valence electrons. The van der Waals surface area contributed by atoms with Gasteiger partial charge < -0.3 is 5.32 Å². The zero-order chi connectivity index (χ0) is 14.0. The minimum atomic E-state index is -0.209. The molecule has 5 nitrogen and oxygen atoms in total. The van der Waals surface area contributed by atoms with Crippen LogP contribution in [0, 0.1) is 20.8 Å². The van der Waals surface area contributed by atoms with Gasteiger partial charge in [0.1, 0.15) is 4.60 Å². The second-order valence-corrected chi connectivity index (χ2v) is 5.02. The Morgan fingerprint density at radius 1 is 1.21 bits per heavy atom. The first-order chi connectivity index (χ1) is 8.97. The lowest BCUT2D eigenvalue weighted by molar-refractivity contribution is 0.102. The van der Waals surface area contributed by atoms with E-state index in [-0.39, 0.29) is 5.91 Å². The van der Waals surface area contributed by atoms with Crippen LogP contribution in [0.1, 0.15) is 27.3 Å². The lowest BCUT2D eigenvalue weighted by Crippen LogP contribution is -2.15. The predicted octanol–water partition coefficient (Wildman–Crippen LogP) is 2.81. The Morgan fingerprint density at radius 3 is 2.63 bits per heavy atom. The highest BCUT2D eigenvalue weighted by Gasteiger charge is 2.12. The fourth-order valence-electron chi connectivity index (χ4n) is 1.60. The van der Waals surface area contributed by atoms with Crippen LogP contribution in [0.15, 0.2) is 22.9 Å². The van der Waals surface area contributed by atoms with Crippen LogP contribution in [-0.4, -0.2) is 21.1 Å². The maximum absolute atomic E-state index is 12.2. The standard InChI is InChI=1S/C13H13BrN4O/c1-7-4-10(6-15-12(7)14)16-13(19)11-5-8(2)17-18-9(11)3/h4-6H,1-3H3,(H,16,19). The number of carbonyl (C=O) groups is 1. The van der Waals surface area contributed by atoms with Crippen molar-refractivity contribution in [2.24, 2.45) is 0 Å². The van der Waals surface area contributed by atoms with E-state index in [0.29, 0.717) is 22.6 Å². The first-order valence-electron chi connectivity index (χ1n) is 5.72. The normalized spacial score (nSPS) is 10.3. The van der Waals surface area contributed by atoms with E-state index in [1.807, 2.05) is 13.0 Å². The highest BCUT2D eigenvalue weighted by molar-refractivity contribution is 9.10. The number of anilines is 1. The maximum atomic E-state index is 12.2. The molecule has 0 aliphatic carbocycles. The molecule has 2 heterocycles. The van der Waals surface area contributed by atoms with Crippen molar-refractivity contribution in [1.29, 1.82) is 0 Å². The third-order valence-electron chi connectivity index (χ3n) is 2.62. The highest BCUT2D eigenvalue weighted by atomic mass is 79.9. The van der Waals surface area contributed by atoms with Crippen molar-refractivity contribution >= 4 is 27.5 Å². The maximum Gasteiger partial charge on any atom is 0.257 e. The molecular weight excluding hydrogens is 308 g/mol. The molecule has 0 aliphatic rings. The summed E-state index contributed by atoms with van der Waals surface area (Å²) in [6.07, 6.45) is 1.60. The molecule has 2 rings (SSSR count). The van der Waals surface area contributed by atoms with Crippen LogP contribution in [0.4, 0.5) is 5.69 Å². The van der Waals surface area contributed by atoms with Crippen molar-refractivity contribution in [2.75, 3.05) is 5.32 Å². The second-order valence-electron chi connectivity index (χ2n) is 4.27. The number of nitrogens with one attached hydrogen (secondary N) is 1. The minimum absolute atomic E-state index is 0.209. The van der Waals surface area contributed by atoms with Crippen LogP contribution < -0.4 is 5.32 Å². The molecule has 2 aromatic rings. The number of aryl methyl sites for hydroxylation is 3. The molecule has 0 atom stereocenters. The Labute approximate surface area is 119 Å². The van der Waals surface area contributed by atoms with Crippen LogP contribution >= 0.6 is 15.9 Å². The first kappa shape index (κ1) is 13.6. The summed E-state index contributed by atoms with van der Waals surface area (Å²) in [6, 6.07) is 3.57. The molecule has 19 heavy (non-hydrogen) atoms. The fourth-order valence-corrected chi connectivity index (χ4v) is 1.82. The molecule has 0 aliphatic heterocycles. The van der Waals surface area contributed by atoms with E-state index in [0.717, 1.165) is 10.2 Å². The number of pyridine rings is 1. The SMILES string of the molecule is Cc1cc(C(=O)Nc2cnc(Br)c(C)c2)c(C)nn1. The number of hydrogen-bond acceptors (Lipinski definition) is 4. The van der Waals surface area contributed by atoms with Crippen LogP contribution in [0.2, 0.25) is 0 Å². The number of hydrogen-bond donors (Lipinski definition) is 1. The Morgan fingerprint density at radius 2 is 1.95 bits per heavy atom. The van der Waals surface area contributed by atoms with E-state index in [1.165, 1.54) is 0 Å². The summed E-state index contributed by atoms with van der Waals surface area (Å²) in [5.41, 5.74) is 3.44.